The number of nitrogens with zero attached hydrogens (tertiary/aromatic N) is 3. The van der Waals surface area contributed by atoms with Gasteiger partial charge in [-0.15, -0.1) is 11.8 Å². The zero-order valence-electron chi connectivity index (χ0n) is 17.5. The summed E-state index contributed by atoms with van der Waals surface area (Å²) in [5.41, 5.74) is 3.05. The van der Waals surface area contributed by atoms with Crippen molar-refractivity contribution in [3.63, 3.8) is 0 Å². The highest BCUT2D eigenvalue weighted by Gasteiger charge is 2.29. The van der Waals surface area contributed by atoms with Crippen molar-refractivity contribution in [2.45, 2.75) is 31.8 Å². The van der Waals surface area contributed by atoms with Gasteiger partial charge in [0.15, 0.2) is 0 Å². The number of amides is 1. The molecule has 8 heteroatoms. The molecule has 0 aliphatic carbocycles. The largest absolute Gasteiger partial charge is 0.346 e. The van der Waals surface area contributed by atoms with Gasteiger partial charge in [-0.2, -0.15) is 0 Å². The Morgan fingerprint density at radius 3 is 2.97 bits per heavy atom. The van der Waals surface area contributed by atoms with Gasteiger partial charge < -0.3 is 20.5 Å². The van der Waals surface area contributed by atoms with Crippen LogP contribution < -0.4 is 15.5 Å². The maximum absolute atomic E-state index is 13.3. The number of hydrogen-bond donors (Lipinski definition) is 3. The van der Waals surface area contributed by atoms with E-state index in [1.807, 2.05) is 37.5 Å². The quantitative estimate of drug-likeness (QED) is 0.571. The Kier molecular flexibility index (Phi) is 5.65. The van der Waals surface area contributed by atoms with Gasteiger partial charge in [0.2, 0.25) is 0 Å². The van der Waals surface area contributed by atoms with Crippen LogP contribution in [0.15, 0.2) is 54.0 Å². The van der Waals surface area contributed by atoms with E-state index in [0.29, 0.717) is 4.91 Å². The van der Waals surface area contributed by atoms with Gasteiger partial charge in [-0.3, -0.25) is 4.79 Å². The lowest BCUT2D eigenvalue weighted by Crippen LogP contribution is -2.41. The van der Waals surface area contributed by atoms with Crippen LogP contribution in [-0.2, 0) is 4.79 Å². The summed E-state index contributed by atoms with van der Waals surface area (Å²) >= 11 is 1.60. The van der Waals surface area contributed by atoms with Crippen LogP contribution in [0.2, 0.25) is 0 Å². The van der Waals surface area contributed by atoms with Crippen LogP contribution in [0, 0.1) is 6.92 Å². The van der Waals surface area contributed by atoms with E-state index in [0.717, 1.165) is 59.7 Å². The number of hydrogen-bond acceptors (Lipinski definition) is 6. The Hall–Kier alpha value is -2.84. The van der Waals surface area contributed by atoms with E-state index in [1.54, 1.807) is 18.1 Å². The number of thioether (sulfide) groups is 1. The summed E-state index contributed by atoms with van der Waals surface area (Å²) in [7, 11) is 0. The van der Waals surface area contributed by atoms with E-state index in [-0.39, 0.29) is 18.0 Å². The van der Waals surface area contributed by atoms with Crippen molar-refractivity contribution in [1.82, 2.24) is 25.6 Å². The van der Waals surface area contributed by atoms with Crippen LogP contribution in [-0.4, -0.2) is 45.7 Å². The molecule has 0 bridgehead atoms. The second-order valence-corrected chi connectivity index (χ2v) is 9.13. The fourth-order valence-electron chi connectivity index (χ4n) is 4.39. The molecule has 0 saturated carbocycles. The van der Waals surface area contributed by atoms with E-state index < -0.39 is 0 Å². The maximum atomic E-state index is 13.3. The predicted octanol–water partition coefficient (Wildman–Crippen LogP) is 3.27. The third-order valence-electron chi connectivity index (χ3n) is 5.95. The molecule has 2 aliphatic heterocycles. The van der Waals surface area contributed by atoms with E-state index >= 15 is 0 Å². The number of fused-ring (bicyclic) bond motifs is 1. The van der Waals surface area contributed by atoms with Gasteiger partial charge in [-0.25, -0.2) is 9.97 Å². The minimum absolute atomic E-state index is 0.0339. The fraction of sp³-hybridized carbons (Fsp3) is 0.348. The van der Waals surface area contributed by atoms with Crippen LogP contribution in [0.5, 0.6) is 0 Å². The molecule has 160 valence electrons. The third kappa shape index (κ3) is 4.05. The number of aryl methyl sites for hydroxylation is 1. The molecule has 0 spiro atoms. The number of aromatic nitrogens is 3. The zero-order valence-corrected chi connectivity index (χ0v) is 18.3. The van der Waals surface area contributed by atoms with E-state index in [2.05, 4.69) is 42.6 Å². The highest BCUT2D eigenvalue weighted by molar-refractivity contribution is 8.04. The van der Waals surface area contributed by atoms with E-state index in [4.69, 9.17) is 0 Å². The molecule has 2 aromatic heterocycles. The van der Waals surface area contributed by atoms with E-state index in [1.165, 1.54) is 0 Å². The Labute approximate surface area is 185 Å². The summed E-state index contributed by atoms with van der Waals surface area (Å²) in [6.45, 7) is 3.83. The highest BCUT2D eigenvalue weighted by Crippen LogP contribution is 2.31. The number of carbonyl (C=O) groups is 1. The van der Waals surface area contributed by atoms with E-state index in [9.17, 15) is 4.79 Å². The molecule has 3 aromatic rings. The third-order valence-corrected chi connectivity index (χ3v) is 6.94. The minimum Gasteiger partial charge on any atom is -0.346 e. The number of anilines is 1. The first-order valence-corrected chi connectivity index (χ1v) is 11.7. The SMILES string of the molecule is Cc1c[nH]c2ncnc(N3C=C(C(=O)NC(c4ccccc4)C4CCCN4)SCC3)c12. The Morgan fingerprint density at radius 1 is 1.29 bits per heavy atom. The van der Waals surface area contributed by atoms with Crippen LogP contribution in [0.25, 0.3) is 11.0 Å². The van der Waals surface area contributed by atoms with Gasteiger partial charge in [-0.1, -0.05) is 30.3 Å². The molecule has 1 aromatic carbocycles. The normalized spacial score (nSPS) is 20.0. The first-order chi connectivity index (χ1) is 15.2. The predicted molar refractivity (Wildman–Crippen MR) is 125 cm³/mol. The molecule has 1 saturated heterocycles. The van der Waals surface area contributed by atoms with Crippen molar-refractivity contribution in [3.05, 3.63) is 65.1 Å². The average molecular weight is 435 g/mol. The molecule has 2 unspecified atom stereocenters. The summed E-state index contributed by atoms with van der Waals surface area (Å²) < 4.78 is 0. The first kappa shape index (κ1) is 20.1. The first-order valence-electron chi connectivity index (χ1n) is 10.7. The van der Waals surface area contributed by atoms with Crippen LogP contribution in [0.4, 0.5) is 5.82 Å². The smallest absolute Gasteiger partial charge is 0.259 e. The van der Waals surface area contributed by atoms with Crippen LogP contribution in [0.3, 0.4) is 0 Å². The van der Waals surface area contributed by atoms with Crippen molar-refractivity contribution < 1.29 is 4.79 Å². The van der Waals surface area contributed by atoms with Gasteiger partial charge in [0, 0.05) is 30.7 Å². The molecular weight excluding hydrogens is 408 g/mol. The van der Waals surface area contributed by atoms with Gasteiger partial charge in [0.05, 0.1) is 16.3 Å². The van der Waals surface area contributed by atoms with Crippen molar-refractivity contribution in [1.29, 1.82) is 0 Å². The van der Waals surface area contributed by atoms with Crippen molar-refractivity contribution in [3.8, 4) is 0 Å². The number of nitrogens with one attached hydrogen (secondary N) is 3. The van der Waals surface area contributed by atoms with Gasteiger partial charge in [0.25, 0.3) is 5.91 Å². The summed E-state index contributed by atoms with van der Waals surface area (Å²) in [4.78, 5) is 28.1. The monoisotopic (exact) mass is 434 g/mol. The van der Waals surface area contributed by atoms with Crippen LogP contribution in [0.1, 0.15) is 30.0 Å². The fourth-order valence-corrected chi connectivity index (χ4v) is 5.29. The van der Waals surface area contributed by atoms with Crippen molar-refractivity contribution >= 4 is 34.5 Å². The molecule has 1 fully saturated rings. The van der Waals surface area contributed by atoms with Gasteiger partial charge in [-0.05, 0) is 37.4 Å². The lowest BCUT2D eigenvalue weighted by atomic mass is 9.98. The number of benzene rings is 1. The zero-order chi connectivity index (χ0) is 21.2. The lowest BCUT2D eigenvalue weighted by molar-refractivity contribution is -0.117. The summed E-state index contributed by atoms with van der Waals surface area (Å²) in [6, 6.07) is 10.4. The topological polar surface area (TPSA) is 85.9 Å². The molecule has 5 rings (SSSR count). The molecule has 0 radical (unpaired) electrons. The molecule has 4 heterocycles. The molecule has 3 N–H and O–H groups in total. The molecule has 2 atom stereocenters. The van der Waals surface area contributed by atoms with Crippen LogP contribution >= 0.6 is 11.8 Å². The molecular formula is C23H26N6OS. The van der Waals surface area contributed by atoms with Gasteiger partial charge >= 0.3 is 0 Å². The second-order valence-electron chi connectivity index (χ2n) is 7.99. The highest BCUT2D eigenvalue weighted by atomic mass is 32.2. The molecule has 7 nitrogen and oxygen atoms in total. The molecule has 2 aliphatic rings. The number of H-pyrrole nitrogens is 1. The Balaban J connectivity index is 1.41. The lowest BCUT2D eigenvalue weighted by Gasteiger charge is -2.29. The average Bonchev–Trinajstić information content (AvgIpc) is 3.48. The molecule has 31 heavy (non-hydrogen) atoms. The number of rotatable bonds is 5. The van der Waals surface area contributed by atoms with Crippen molar-refractivity contribution in [2.24, 2.45) is 0 Å². The minimum atomic E-state index is -0.0502. The summed E-state index contributed by atoms with van der Waals surface area (Å²) in [5.74, 6) is 1.63. The Bertz CT molecular complexity index is 1110. The van der Waals surface area contributed by atoms with Crippen molar-refractivity contribution in [2.75, 3.05) is 23.7 Å². The number of carbonyl (C=O) groups excluding carboxylic acids is 1. The molecule has 1 amide bonds. The number of aromatic amines is 1. The standard InChI is InChI=1S/C23H26N6OS/c1-15-12-25-21-19(15)22(27-14-26-21)29-10-11-31-18(13-29)23(30)28-20(17-8-5-9-24-17)16-6-3-2-4-7-16/h2-4,6-7,12-14,17,20,24H,5,8-11H2,1H3,(H,28,30)(H,25,26,27). The van der Waals surface area contributed by atoms with Gasteiger partial charge in [0.1, 0.15) is 17.8 Å². The second kappa shape index (κ2) is 8.72. The summed E-state index contributed by atoms with van der Waals surface area (Å²) in [6.07, 6.45) is 7.64. The summed E-state index contributed by atoms with van der Waals surface area (Å²) in [5, 5.41) is 7.86. The maximum Gasteiger partial charge on any atom is 0.259 e. The Morgan fingerprint density at radius 2 is 2.16 bits per heavy atom.